The van der Waals surface area contributed by atoms with Gasteiger partial charge in [-0.25, -0.2) is 9.37 Å². The zero-order valence-corrected chi connectivity index (χ0v) is 17.6. The van der Waals surface area contributed by atoms with Crippen LogP contribution in [0.3, 0.4) is 0 Å². The Hall–Kier alpha value is -3.94. The summed E-state index contributed by atoms with van der Waals surface area (Å²) in [5.74, 6) is 1.37. The summed E-state index contributed by atoms with van der Waals surface area (Å²) in [4.78, 5) is 20.6. The number of para-hydroxylation sites is 1. The lowest BCUT2D eigenvalue weighted by Gasteiger charge is -2.26. The van der Waals surface area contributed by atoms with Gasteiger partial charge in [0.2, 0.25) is 11.8 Å². The van der Waals surface area contributed by atoms with Crippen molar-refractivity contribution in [3.05, 3.63) is 83.8 Å². The summed E-state index contributed by atoms with van der Waals surface area (Å²) in [7, 11) is 1.70. The average molecular weight is 433 g/mol. The predicted octanol–water partition coefficient (Wildman–Crippen LogP) is 3.80. The predicted molar refractivity (Wildman–Crippen MR) is 121 cm³/mol. The van der Waals surface area contributed by atoms with Crippen LogP contribution in [0.2, 0.25) is 0 Å². The fraction of sp³-hybridized carbons (Fsp3) is 0.208. The Morgan fingerprint density at radius 3 is 2.72 bits per heavy atom. The number of ether oxygens (including phenoxy) is 1. The molecule has 4 rings (SSSR count). The van der Waals surface area contributed by atoms with E-state index in [1.807, 2.05) is 30.3 Å². The number of amides is 1. The molecule has 1 atom stereocenters. The molecular formula is C24H24FN5O2. The number of pyridine rings is 1. The van der Waals surface area contributed by atoms with Gasteiger partial charge in [0, 0.05) is 50.4 Å². The van der Waals surface area contributed by atoms with Gasteiger partial charge in [-0.05, 0) is 41.5 Å². The van der Waals surface area contributed by atoms with Crippen LogP contribution >= 0.6 is 0 Å². The number of fused-ring (bicyclic) bond motifs is 1. The Morgan fingerprint density at radius 2 is 1.97 bits per heavy atom. The van der Waals surface area contributed by atoms with Crippen molar-refractivity contribution in [3.8, 4) is 11.6 Å². The molecule has 32 heavy (non-hydrogen) atoms. The van der Waals surface area contributed by atoms with Crippen LogP contribution in [0, 0.1) is 5.82 Å². The number of benzene rings is 2. The normalized spacial score (nSPS) is 15.5. The van der Waals surface area contributed by atoms with Crippen molar-refractivity contribution >= 4 is 17.6 Å². The third kappa shape index (κ3) is 5.40. The highest BCUT2D eigenvalue weighted by atomic mass is 19.1. The molecule has 2 aromatic carbocycles. The van der Waals surface area contributed by atoms with Crippen molar-refractivity contribution in [1.82, 2.24) is 15.6 Å². The Morgan fingerprint density at radius 1 is 1.16 bits per heavy atom. The lowest BCUT2D eigenvalue weighted by molar-refractivity contribution is -0.116. The Balaban J connectivity index is 1.29. The van der Waals surface area contributed by atoms with Gasteiger partial charge in [0.1, 0.15) is 11.6 Å². The number of guanidine groups is 1. The zero-order valence-electron chi connectivity index (χ0n) is 17.6. The number of hydrogen-bond donors (Lipinski definition) is 3. The molecule has 0 saturated carbocycles. The molecule has 3 aromatic rings. The second-order valence-electron chi connectivity index (χ2n) is 7.40. The summed E-state index contributed by atoms with van der Waals surface area (Å²) >= 11 is 0. The number of carbonyl (C=O) groups excluding carboxylic acids is 1. The third-order valence-electron chi connectivity index (χ3n) is 5.14. The van der Waals surface area contributed by atoms with Gasteiger partial charge in [0.15, 0.2) is 5.96 Å². The van der Waals surface area contributed by atoms with Crippen LogP contribution < -0.4 is 20.7 Å². The van der Waals surface area contributed by atoms with Gasteiger partial charge in [-0.2, -0.15) is 0 Å². The molecule has 164 valence electrons. The summed E-state index contributed by atoms with van der Waals surface area (Å²) in [6, 6.07) is 17.3. The first-order chi connectivity index (χ1) is 15.6. The van der Waals surface area contributed by atoms with E-state index in [-0.39, 0.29) is 17.6 Å². The summed E-state index contributed by atoms with van der Waals surface area (Å²) < 4.78 is 18.6. The van der Waals surface area contributed by atoms with E-state index < -0.39 is 0 Å². The molecule has 1 amide bonds. The highest BCUT2D eigenvalue weighted by Gasteiger charge is 2.24. The van der Waals surface area contributed by atoms with Crippen molar-refractivity contribution < 1.29 is 13.9 Å². The van der Waals surface area contributed by atoms with E-state index in [2.05, 4.69) is 25.9 Å². The number of aromatic nitrogens is 1. The fourth-order valence-electron chi connectivity index (χ4n) is 3.51. The van der Waals surface area contributed by atoms with Crippen LogP contribution in [0.5, 0.6) is 11.6 Å². The summed E-state index contributed by atoms with van der Waals surface area (Å²) in [5.41, 5.74) is 2.94. The van der Waals surface area contributed by atoms with Crippen LogP contribution in [0.4, 0.5) is 10.1 Å². The van der Waals surface area contributed by atoms with Crippen molar-refractivity contribution in [2.45, 2.75) is 18.9 Å². The second-order valence-corrected chi connectivity index (χ2v) is 7.40. The number of aliphatic imine (C=N–C) groups is 1. The monoisotopic (exact) mass is 433 g/mol. The van der Waals surface area contributed by atoms with E-state index in [1.54, 1.807) is 31.4 Å². The minimum Gasteiger partial charge on any atom is -0.439 e. The van der Waals surface area contributed by atoms with Gasteiger partial charge < -0.3 is 20.7 Å². The third-order valence-corrected chi connectivity index (χ3v) is 5.14. The molecule has 0 aliphatic carbocycles. The first-order valence-electron chi connectivity index (χ1n) is 10.3. The smallest absolute Gasteiger partial charge is 0.225 e. The average Bonchev–Trinajstić information content (AvgIpc) is 2.81. The van der Waals surface area contributed by atoms with Crippen LogP contribution in [0.15, 0.2) is 71.9 Å². The summed E-state index contributed by atoms with van der Waals surface area (Å²) in [5, 5.41) is 9.47. The molecule has 1 unspecified atom stereocenters. The van der Waals surface area contributed by atoms with E-state index in [4.69, 9.17) is 4.74 Å². The maximum absolute atomic E-state index is 13.0. The van der Waals surface area contributed by atoms with Gasteiger partial charge in [-0.1, -0.05) is 24.3 Å². The highest BCUT2D eigenvalue weighted by molar-refractivity contribution is 5.94. The molecule has 0 spiro atoms. The van der Waals surface area contributed by atoms with Crippen molar-refractivity contribution in [3.63, 3.8) is 0 Å². The molecule has 1 aliphatic rings. The number of carbonyl (C=O) groups is 1. The number of anilines is 1. The van der Waals surface area contributed by atoms with Gasteiger partial charge >= 0.3 is 0 Å². The van der Waals surface area contributed by atoms with E-state index in [9.17, 15) is 9.18 Å². The van der Waals surface area contributed by atoms with Crippen LogP contribution in [0.1, 0.15) is 23.5 Å². The Bertz CT molecular complexity index is 1100. The van der Waals surface area contributed by atoms with Crippen LogP contribution in [0.25, 0.3) is 0 Å². The van der Waals surface area contributed by atoms with E-state index in [0.717, 1.165) is 16.8 Å². The highest BCUT2D eigenvalue weighted by Crippen LogP contribution is 2.31. The first-order valence-corrected chi connectivity index (χ1v) is 10.3. The Labute approximate surface area is 185 Å². The SMILES string of the molecule is CN=C(NCc1ccc(Oc2ccc(F)cc2)nc1)NCC1CC(=O)Nc2ccccc21. The number of rotatable bonds is 6. The van der Waals surface area contributed by atoms with Gasteiger partial charge in [-0.15, -0.1) is 0 Å². The zero-order chi connectivity index (χ0) is 22.3. The lowest BCUT2D eigenvalue weighted by Crippen LogP contribution is -2.40. The minimum atomic E-state index is -0.315. The van der Waals surface area contributed by atoms with E-state index in [1.165, 1.54) is 12.1 Å². The molecule has 3 N–H and O–H groups in total. The number of halogens is 1. The quantitative estimate of drug-likeness (QED) is 0.407. The summed E-state index contributed by atoms with van der Waals surface area (Å²) in [6.07, 6.45) is 2.14. The largest absolute Gasteiger partial charge is 0.439 e. The molecular weight excluding hydrogens is 409 g/mol. The Kier molecular flexibility index (Phi) is 6.60. The molecule has 7 nitrogen and oxygen atoms in total. The maximum atomic E-state index is 13.0. The molecule has 1 aliphatic heterocycles. The van der Waals surface area contributed by atoms with Gasteiger partial charge in [0.05, 0.1) is 0 Å². The maximum Gasteiger partial charge on any atom is 0.225 e. The molecule has 0 bridgehead atoms. The van der Waals surface area contributed by atoms with E-state index in [0.29, 0.717) is 37.1 Å². The number of hydrogen-bond acceptors (Lipinski definition) is 4. The summed E-state index contributed by atoms with van der Waals surface area (Å²) in [6.45, 7) is 1.11. The fourth-order valence-corrected chi connectivity index (χ4v) is 3.51. The molecule has 0 fully saturated rings. The lowest BCUT2D eigenvalue weighted by atomic mass is 9.90. The molecule has 0 radical (unpaired) electrons. The molecule has 1 aromatic heterocycles. The molecule has 8 heteroatoms. The second kappa shape index (κ2) is 9.91. The van der Waals surface area contributed by atoms with Crippen molar-refractivity contribution in [2.75, 3.05) is 18.9 Å². The van der Waals surface area contributed by atoms with Crippen molar-refractivity contribution in [1.29, 1.82) is 0 Å². The van der Waals surface area contributed by atoms with E-state index >= 15 is 0 Å². The van der Waals surface area contributed by atoms with Gasteiger partial charge in [0.25, 0.3) is 0 Å². The first kappa shape index (κ1) is 21.3. The van der Waals surface area contributed by atoms with Gasteiger partial charge in [-0.3, -0.25) is 9.79 Å². The van der Waals surface area contributed by atoms with Crippen LogP contribution in [-0.4, -0.2) is 30.4 Å². The number of nitrogens with one attached hydrogen (secondary N) is 3. The number of nitrogens with zero attached hydrogens (tertiary/aromatic N) is 2. The van der Waals surface area contributed by atoms with Crippen molar-refractivity contribution in [2.24, 2.45) is 4.99 Å². The molecule has 2 heterocycles. The van der Waals surface area contributed by atoms with Crippen LogP contribution in [-0.2, 0) is 11.3 Å². The topological polar surface area (TPSA) is 87.6 Å². The minimum absolute atomic E-state index is 0.0208. The molecule has 0 saturated heterocycles. The standard InChI is InChI=1S/C24H24FN5O2/c1-26-24(29-15-17-12-22(31)30-21-5-3-2-4-20(17)21)28-14-16-6-11-23(27-13-16)32-19-9-7-18(25)8-10-19/h2-11,13,17H,12,14-15H2,1H3,(H,30,31)(H2,26,28,29).